The van der Waals surface area contributed by atoms with Crippen LogP contribution in [0.15, 0.2) is 0 Å². The third-order valence-corrected chi connectivity index (χ3v) is 21.8. The van der Waals surface area contributed by atoms with Gasteiger partial charge in [-0.3, -0.25) is 0 Å². The average molecular weight is 261 g/mol. The lowest BCUT2D eigenvalue weighted by molar-refractivity contribution is 0.949. The highest BCUT2D eigenvalue weighted by Crippen LogP contribution is 2.54. The Labute approximate surface area is 98.9 Å². The third-order valence-electron chi connectivity index (χ3n) is 3.51. The quantitative estimate of drug-likeness (QED) is 0.511. The first-order valence-corrected chi connectivity index (χ1v) is 15.9. The molecule has 3 heteroatoms. The second-order valence-corrected chi connectivity index (χ2v) is 22.9. The van der Waals surface area contributed by atoms with Crippen LogP contribution in [0, 0.1) is 0 Å². The molecule has 0 bridgehead atoms. The van der Waals surface area contributed by atoms with Crippen molar-refractivity contribution in [3.8, 4) is 0 Å². The second kappa shape index (κ2) is 4.20. The summed E-state index contributed by atoms with van der Waals surface area (Å²) in [6.07, 6.45) is 6.19. The van der Waals surface area contributed by atoms with Crippen molar-refractivity contribution in [2.45, 2.75) is 52.1 Å². The van der Waals surface area contributed by atoms with Crippen LogP contribution in [-0.4, -0.2) is 39.7 Å². The van der Waals surface area contributed by atoms with Crippen LogP contribution in [0.1, 0.15) is 12.8 Å². The molecule has 0 unspecified atom stereocenters. The molecule has 1 fully saturated rings. The van der Waals surface area contributed by atoms with E-state index in [2.05, 4.69) is 50.5 Å². The molecule has 0 atom stereocenters. The molecule has 0 nitrogen and oxygen atoms in total. The van der Waals surface area contributed by atoms with E-state index in [1.165, 1.54) is 12.8 Å². The van der Waals surface area contributed by atoms with Gasteiger partial charge in [-0.15, -0.1) is 6.89 Å². The monoisotopic (exact) mass is 260 g/mol. The summed E-state index contributed by atoms with van der Waals surface area (Å²) in [4.78, 5) is 0. The molecular weight excluding hydrogens is 231 g/mol. The minimum Gasteiger partial charge on any atom is -0.116 e. The summed E-state index contributed by atoms with van der Waals surface area (Å²) in [6.45, 7) is 17.6. The summed E-state index contributed by atoms with van der Waals surface area (Å²) in [5.74, 6) is 0. The van der Waals surface area contributed by atoms with Gasteiger partial charge in [0.2, 0.25) is 0 Å². The molecular formula is C12H29PSi2. The molecule has 1 saturated heterocycles. The second-order valence-electron chi connectivity index (χ2n) is 7.40. The van der Waals surface area contributed by atoms with Crippen LogP contribution in [0.2, 0.25) is 39.3 Å². The number of rotatable bonds is 2. The first-order valence-electron chi connectivity index (χ1n) is 6.30. The largest absolute Gasteiger partial charge is 0.116 e. The fraction of sp³-hybridized carbons (Fsp3) is 0.917. The summed E-state index contributed by atoms with van der Waals surface area (Å²) in [6, 6.07) is 0. The lowest BCUT2D eigenvalue weighted by Crippen LogP contribution is -2.50. The molecule has 0 spiro atoms. The van der Waals surface area contributed by atoms with Gasteiger partial charge in [-0.25, -0.2) is 0 Å². The molecule has 15 heavy (non-hydrogen) atoms. The van der Waals surface area contributed by atoms with E-state index in [9.17, 15) is 0 Å². The van der Waals surface area contributed by atoms with E-state index in [-0.39, 0.29) is 0 Å². The van der Waals surface area contributed by atoms with Gasteiger partial charge in [0.1, 0.15) is 0 Å². The SMILES string of the molecule is C[Si](C)(C)C([Si](C)(C)C)=P1(C)CCCC1. The Hall–Kier alpha value is 0.734. The van der Waals surface area contributed by atoms with Gasteiger partial charge in [0.05, 0.1) is 16.1 Å². The van der Waals surface area contributed by atoms with Crippen LogP contribution in [-0.2, 0) is 0 Å². The van der Waals surface area contributed by atoms with Crippen molar-refractivity contribution in [3.63, 3.8) is 0 Å². The van der Waals surface area contributed by atoms with E-state index in [1.54, 1.807) is 12.3 Å². The zero-order chi connectivity index (χ0) is 11.9. The van der Waals surface area contributed by atoms with Gasteiger partial charge in [-0.1, -0.05) is 43.8 Å². The van der Waals surface area contributed by atoms with Crippen LogP contribution >= 0.6 is 6.89 Å². The highest BCUT2D eigenvalue weighted by Gasteiger charge is 2.37. The molecule has 1 aliphatic rings. The van der Waals surface area contributed by atoms with E-state index < -0.39 is 23.0 Å². The molecule has 0 radical (unpaired) electrons. The average Bonchev–Trinajstić information content (AvgIpc) is 2.27. The van der Waals surface area contributed by atoms with Crippen molar-refractivity contribution in [1.82, 2.24) is 0 Å². The van der Waals surface area contributed by atoms with Gasteiger partial charge in [-0.05, 0) is 31.8 Å². The summed E-state index contributed by atoms with van der Waals surface area (Å²) in [7, 11) is -2.06. The van der Waals surface area contributed by atoms with Crippen LogP contribution in [0.5, 0.6) is 0 Å². The molecule has 0 aromatic heterocycles. The van der Waals surface area contributed by atoms with Gasteiger partial charge in [-0.2, -0.15) is 0 Å². The predicted molar refractivity (Wildman–Crippen MR) is 83.5 cm³/mol. The van der Waals surface area contributed by atoms with Crippen molar-refractivity contribution < 1.29 is 0 Å². The number of hydrogen-bond acceptors (Lipinski definition) is 0. The molecule has 0 amide bonds. The molecule has 0 aromatic carbocycles. The van der Waals surface area contributed by atoms with Crippen molar-refractivity contribution in [1.29, 1.82) is 0 Å². The maximum absolute atomic E-state index is 2.67. The fourth-order valence-corrected chi connectivity index (χ4v) is 29.8. The molecule has 0 aliphatic carbocycles. The van der Waals surface area contributed by atoms with Crippen LogP contribution in [0.3, 0.4) is 0 Å². The Bertz CT molecular complexity index is 266. The van der Waals surface area contributed by atoms with E-state index in [0.717, 1.165) is 0 Å². The Balaban J connectivity index is 3.35. The standard InChI is InChI=1S/C12H29PSi2/c1-13(10-8-9-11-13)12(14(2,3)4)15(5,6)7/h8-11H2,1-7H3. The van der Waals surface area contributed by atoms with Crippen molar-refractivity contribution in [2.75, 3.05) is 19.0 Å². The van der Waals surface area contributed by atoms with Crippen molar-refractivity contribution >= 4 is 27.6 Å². The Morgan fingerprint density at radius 3 is 1.40 bits per heavy atom. The molecule has 0 saturated carbocycles. The van der Waals surface area contributed by atoms with E-state index in [4.69, 9.17) is 0 Å². The van der Waals surface area contributed by atoms with Crippen molar-refractivity contribution in [3.05, 3.63) is 0 Å². The zero-order valence-electron chi connectivity index (χ0n) is 11.8. The predicted octanol–water partition coefficient (Wildman–Crippen LogP) is 4.35. The maximum atomic E-state index is 2.67. The van der Waals surface area contributed by atoms with Gasteiger partial charge in [0.15, 0.2) is 0 Å². The number of hydrogen-bond donors (Lipinski definition) is 0. The van der Waals surface area contributed by atoms with E-state index in [0.29, 0.717) is 0 Å². The molecule has 1 rings (SSSR count). The van der Waals surface area contributed by atoms with Gasteiger partial charge >= 0.3 is 0 Å². The fourth-order valence-electron chi connectivity index (χ4n) is 4.00. The summed E-state index contributed by atoms with van der Waals surface area (Å²) in [5, 5.41) is 0. The Morgan fingerprint density at radius 2 is 1.13 bits per heavy atom. The topological polar surface area (TPSA) is 0 Å². The zero-order valence-corrected chi connectivity index (χ0v) is 14.7. The first kappa shape index (κ1) is 13.8. The lowest BCUT2D eigenvalue weighted by atomic mass is 10.4. The van der Waals surface area contributed by atoms with Gasteiger partial charge in [0.25, 0.3) is 0 Å². The van der Waals surface area contributed by atoms with Crippen LogP contribution in [0.4, 0.5) is 0 Å². The molecule has 1 heterocycles. The van der Waals surface area contributed by atoms with E-state index >= 15 is 0 Å². The first-order chi connectivity index (χ1) is 6.57. The summed E-state index contributed by atoms with van der Waals surface area (Å²) >= 11 is 0. The highest BCUT2D eigenvalue weighted by atomic mass is 31.2. The summed E-state index contributed by atoms with van der Waals surface area (Å²) < 4.78 is 2.17. The van der Waals surface area contributed by atoms with Crippen LogP contribution < -0.4 is 0 Å². The minimum atomic E-state index is -1.03. The Kier molecular flexibility index (Phi) is 3.86. The Morgan fingerprint density at radius 1 is 0.800 bits per heavy atom. The molecule has 0 aromatic rings. The van der Waals surface area contributed by atoms with Gasteiger partial charge in [0, 0.05) is 0 Å². The third kappa shape index (κ3) is 3.11. The lowest BCUT2D eigenvalue weighted by Gasteiger charge is -2.39. The molecule has 0 N–H and O–H groups in total. The minimum absolute atomic E-state index is 0.633. The highest BCUT2D eigenvalue weighted by molar-refractivity contribution is 7.86. The molecule has 90 valence electrons. The maximum Gasteiger partial charge on any atom is 0.0683 e. The van der Waals surface area contributed by atoms with Crippen molar-refractivity contribution in [2.24, 2.45) is 0 Å². The van der Waals surface area contributed by atoms with Gasteiger partial charge < -0.3 is 0 Å². The van der Waals surface area contributed by atoms with Crippen LogP contribution in [0.25, 0.3) is 0 Å². The summed E-state index contributed by atoms with van der Waals surface area (Å²) in [5.41, 5.74) is 0. The molecule has 1 aliphatic heterocycles. The normalized spacial score (nSPS) is 21.8. The smallest absolute Gasteiger partial charge is 0.0683 e. The van der Waals surface area contributed by atoms with E-state index in [1.807, 2.05) is 0 Å².